The van der Waals surface area contributed by atoms with Crippen molar-refractivity contribution in [3.8, 4) is 0 Å². The largest absolute Gasteiger partial charge is 0.465 e. The van der Waals surface area contributed by atoms with E-state index in [4.69, 9.17) is 27.9 Å². The molecule has 0 aliphatic rings. The summed E-state index contributed by atoms with van der Waals surface area (Å²) in [6.07, 6.45) is 0. The maximum atomic E-state index is 12.4. The highest BCUT2D eigenvalue weighted by Gasteiger charge is 2.20. The minimum Gasteiger partial charge on any atom is -0.465 e. The molecule has 0 aliphatic carbocycles. The van der Waals surface area contributed by atoms with E-state index in [2.05, 4.69) is 5.32 Å². The highest BCUT2D eigenvalue weighted by molar-refractivity contribution is 6.42. The van der Waals surface area contributed by atoms with Crippen molar-refractivity contribution in [3.05, 3.63) is 63.6 Å². The van der Waals surface area contributed by atoms with Gasteiger partial charge in [0, 0.05) is 0 Å². The summed E-state index contributed by atoms with van der Waals surface area (Å²) in [6, 6.07) is 12.1. The molecule has 1 unspecified atom stereocenters. The van der Waals surface area contributed by atoms with Crippen molar-refractivity contribution in [1.82, 2.24) is 0 Å². The normalized spacial score (nSPS) is 11.7. The first-order valence-electron chi connectivity index (χ1n) is 6.87. The molecule has 0 aromatic heterocycles. The number of esters is 1. The molecular formula is C17H15Cl2NO3. The Bertz CT molecular complexity index is 732. The third-order valence-corrected chi connectivity index (χ3v) is 4.14. The van der Waals surface area contributed by atoms with Crippen molar-refractivity contribution in [2.24, 2.45) is 0 Å². The zero-order chi connectivity index (χ0) is 17.0. The van der Waals surface area contributed by atoms with Crippen LogP contribution in [0.1, 0.15) is 28.8 Å². The predicted octanol–water partition coefficient (Wildman–Crippen LogP) is 4.52. The van der Waals surface area contributed by atoms with Gasteiger partial charge in [-0.15, -0.1) is 0 Å². The highest BCUT2D eigenvalue weighted by Crippen LogP contribution is 2.30. The number of halogens is 2. The van der Waals surface area contributed by atoms with Crippen LogP contribution in [0.15, 0.2) is 42.5 Å². The van der Waals surface area contributed by atoms with E-state index in [0.717, 1.165) is 5.56 Å². The second-order valence-electron chi connectivity index (χ2n) is 4.93. The molecule has 0 heterocycles. The molecule has 0 bridgehead atoms. The van der Waals surface area contributed by atoms with Gasteiger partial charge in [-0.1, -0.05) is 53.5 Å². The Morgan fingerprint density at radius 1 is 1.09 bits per heavy atom. The topological polar surface area (TPSA) is 55.4 Å². The first-order valence-corrected chi connectivity index (χ1v) is 7.62. The molecule has 1 N–H and O–H groups in total. The molecule has 0 saturated heterocycles. The minimum absolute atomic E-state index is 0.149. The van der Waals surface area contributed by atoms with Gasteiger partial charge in [0.15, 0.2) is 0 Å². The summed E-state index contributed by atoms with van der Waals surface area (Å²) in [5, 5.41) is 3.16. The van der Waals surface area contributed by atoms with Crippen LogP contribution < -0.4 is 5.32 Å². The molecule has 4 nitrogen and oxygen atoms in total. The van der Waals surface area contributed by atoms with E-state index in [1.54, 1.807) is 6.92 Å². The highest BCUT2D eigenvalue weighted by atomic mass is 35.5. The summed E-state index contributed by atoms with van der Waals surface area (Å²) in [5.74, 6) is -1.26. The summed E-state index contributed by atoms with van der Waals surface area (Å²) < 4.78 is 4.71. The number of amides is 1. The van der Waals surface area contributed by atoms with E-state index in [-0.39, 0.29) is 27.2 Å². The lowest BCUT2D eigenvalue weighted by Gasteiger charge is -2.15. The first-order chi connectivity index (χ1) is 10.9. The van der Waals surface area contributed by atoms with Crippen molar-refractivity contribution >= 4 is 40.8 Å². The van der Waals surface area contributed by atoms with Gasteiger partial charge in [0.25, 0.3) is 0 Å². The van der Waals surface area contributed by atoms with Crippen LogP contribution in [0.4, 0.5) is 5.69 Å². The van der Waals surface area contributed by atoms with Gasteiger partial charge in [-0.25, -0.2) is 4.79 Å². The molecule has 0 spiro atoms. The Kier molecular flexibility index (Phi) is 5.64. The van der Waals surface area contributed by atoms with Crippen LogP contribution in [0.25, 0.3) is 0 Å². The van der Waals surface area contributed by atoms with Gasteiger partial charge in [-0.2, -0.15) is 0 Å². The summed E-state index contributed by atoms with van der Waals surface area (Å²) >= 11 is 11.9. The number of anilines is 1. The zero-order valence-electron chi connectivity index (χ0n) is 12.6. The van der Waals surface area contributed by atoms with Crippen molar-refractivity contribution in [3.63, 3.8) is 0 Å². The summed E-state index contributed by atoms with van der Waals surface area (Å²) in [7, 11) is 1.25. The monoisotopic (exact) mass is 351 g/mol. The second kappa shape index (κ2) is 7.49. The Labute approximate surface area is 144 Å². The fourth-order valence-corrected chi connectivity index (χ4v) is 2.39. The number of hydrogen-bond acceptors (Lipinski definition) is 3. The fraction of sp³-hybridized carbons (Fsp3) is 0.176. The van der Waals surface area contributed by atoms with Crippen molar-refractivity contribution in [1.29, 1.82) is 0 Å². The van der Waals surface area contributed by atoms with Crippen LogP contribution in [0.5, 0.6) is 0 Å². The van der Waals surface area contributed by atoms with Crippen LogP contribution in [-0.4, -0.2) is 19.0 Å². The molecule has 23 heavy (non-hydrogen) atoms. The molecule has 6 heteroatoms. The van der Waals surface area contributed by atoms with Gasteiger partial charge >= 0.3 is 5.97 Å². The van der Waals surface area contributed by atoms with Gasteiger partial charge in [0.2, 0.25) is 5.91 Å². The average Bonchev–Trinajstić information content (AvgIpc) is 2.57. The molecule has 1 atom stereocenters. The smallest absolute Gasteiger partial charge is 0.340 e. The third-order valence-electron chi connectivity index (χ3n) is 3.42. The molecule has 0 aliphatic heterocycles. The molecule has 0 radical (unpaired) electrons. The fourth-order valence-electron chi connectivity index (χ4n) is 2.06. The summed E-state index contributed by atoms with van der Waals surface area (Å²) in [4.78, 5) is 24.3. The van der Waals surface area contributed by atoms with Gasteiger partial charge in [0.05, 0.1) is 34.3 Å². The maximum Gasteiger partial charge on any atom is 0.340 e. The van der Waals surface area contributed by atoms with Crippen LogP contribution in [0.2, 0.25) is 10.0 Å². The number of nitrogens with one attached hydrogen (secondary N) is 1. The molecule has 0 saturated carbocycles. The predicted molar refractivity (Wildman–Crippen MR) is 91.3 cm³/mol. The molecule has 2 aromatic carbocycles. The molecular weight excluding hydrogens is 337 g/mol. The standard InChI is InChI=1S/C17H15Cl2NO3/c1-10(11-6-4-3-5-7-11)16(21)20-15-9-14(19)13(18)8-12(15)17(22)23-2/h3-10H,1-2H3,(H,20,21). The molecule has 0 fully saturated rings. The van der Waals surface area contributed by atoms with Gasteiger partial charge in [0.1, 0.15) is 0 Å². The lowest BCUT2D eigenvalue weighted by molar-refractivity contribution is -0.117. The first kappa shape index (κ1) is 17.3. The minimum atomic E-state index is -0.605. The van der Waals surface area contributed by atoms with Crippen LogP contribution >= 0.6 is 23.2 Å². The Morgan fingerprint density at radius 3 is 2.30 bits per heavy atom. The van der Waals surface area contributed by atoms with Crippen LogP contribution in [0, 0.1) is 0 Å². The van der Waals surface area contributed by atoms with Crippen LogP contribution in [-0.2, 0) is 9.53 Å². The maximum absolute atomic E-state index is 12.4. The van der Waals surface area contributed by atoms with E-state index in [1.165, 1.54) is 19.2 Å². The van der Waals surface area contributed by atoms with Crippen molar-refractivity contribution in [2.75, 3.05) is 12.4 Å². The summed E-state index contributed by atoms with van der Waals surface area (Å²) in [6.45, 7) is 1.78. The lowest BCUT2D eigenvalue weighted by atomic mass is 10.00. The van der Waals surface area contributed by atoms with Gasteiger partial charge in [-0.3, -0.25) is 4.79 Å². The van der Waals surface area contributed by atoms with E-state index < -0.39 is 11.9 Å². The SMILES string of the molecule is COC(=O)c1cc(Cl)c(Cl)cc1NC(=O)C(C)c1ccccc1. The molecule has 2 rings (SSSR count). The van der Waals surface area contributed by atoms with E-state index in [0.29, 0.717) is 0 Å². The number of methoxy groups -OCH3 is 1. The van der Waals surface area contributed by atoms with Gasteiger partial charge < -0.3 is 10.1 Å². The Hall–Kier alpha value is -2.04. The lowest BCUT2D eigenvalue weighted by Crippen LogP contribution is -2.20. The number of benzene rings is 2. The number of ether oxygens (including phenoxy) is 1. The van der Waals surface area contributed by atoms with E-state index in [1.807, 2.05) is 30.3 Å². The molecule has 1 amide bonds. The van der Waals surface area contributed by atoms with Crippen LogP contribution in [0.3, 0.4) is 0 Å². The van der Waals surface area contributed by atoms with Crippen molar-refractivity contribution in [2.45, 2.75) is 12.8 Å². The average molecular weight is 352 g/mol. The number of rotatable bonds is 4. The van der Waals surface area contributed by atoms with Gasteiger partial charge in [-0.05, 0) is 24.6 Å². The Morgan fingerprint density at radius 2 is 1.70 bits per heavy atom. The number of carbonyl (C=O) groups excluding carboxylic acids is 2. The number of carbonyl (C=O) groups is 2. The summed E-state index contributed by atoms with van der Waals surface area (Å²) in [5.41, 5.74) is 1.28. The van der Waals surface area contributed by atoms with Crippen molar-refractivity contribution < 1.29 is 14.3 Å². The van der Waals surface area contributed by atoms with E-state index in [9.17, 15) is 9.59 Å². The molecule has 2 aromatic rings. The molecule has 120 valence electrons. The van der Waals surface area contributed by atoms with E-state index >= 15 is 0 Å². The quantitative estimate of drug-likeness (QED) is 0.823. The number of hydrogen-bond donors (Lipinski definition) is 1. The zero-order valence-corrected chi connectivity index (χ0v) is 14.1. The second-order valence-corrected chi connectivity index (χ2v) is 5.74. The third kappa shape index (κ3) is 4.03. The Balaban J connectivity index is 2.30.